The maximum atomic E-state index is 12.7. The van der Waals surface area contributed by atoms with Crippen molar-refractivity contribution < 1.29 is 13.2 Å². The predicted octanol–water partition coefficient (Wildman–Crippen LogP) is 1.81. The van der Waals surface area contributed by atoms with Gasteiger partial charge in [0.15, 0.2) is 5.11 Å². The molecule has 3 rings (SSSR count). The van der Waals surface area contributed by atoms with E-state index >= 15 is 0 Å². The van der Waals surface area contributed by atoms with Crippen LogP contribution in [0.25, 0.3) is 0 Å². The Morgan fingerprint density at radius 2 is 2.00 bits per heavy atom. The Morgan fingerprint density at radius 3 is 2.65 bits per heavy atom. The summed E-state index contributed by atoms with van der Waals surface area (Å²) in [7, 11) is -3.56. The van der Waals surface area contributed by atoms with Gasteiger partial charge in [-0.15, -0.1) is 0 Å². The molecule has 6 nitrogen and oxygen atoms in total. The molecular weight excluding hydrogens is 358 g/mol. The fourth-order valence-corrected chi connectivity index (χ4v) is 4.14. The van der Waals surface area contributed by atoms with E-state index in [1.807, 2.05) is 0 Å². The molecule has 2 fully saturated rings. The van der Waals surface area contributed by atoms with E-state index < -0.39 is 10.0 Å². The number of ether oxygens (including phenoxy) is 1. The Bertz CT molecular complexity index is 701. The lowest BCUT2D eigenvalue weighted by Crippen LogP contribution is -2.40. The van der Waals surface area contributed by atoms with Crippen molar-refractivity contribution >= 4 is 44.6 Å². The second-order valence-corrected chi connectivity index (χ2v) is 8.28. The van der Waals surface area contributed by atoms with Crippen molar-refractivity contribution in [2.45, 2.75) is 23.8 Å². The Labute approximate surface area is 146 Å². The highest BCUT2D eigenvalue weighted by molar-refractivity contribution is 7.89. The lowest BCUT2D eigenvalue weighted by atomic mass is 10.3. The van der Waals surface area contributed by atoms with Crippen LogP contribution < -0.4 is 10.6 Å². The monoisotopic (exact) mass is 375 g/mol. The fourth-order valence-electron chi connectivity index (χ4n) is 2.27. The molecule has 0 spiro atoms. The van der Waals surface area contributed by atoms with Gasteiger partial charge in [-0.2, -0.15) is 4.31 Å². The zero-order chi connectivity index (χ0) is 16.4. The minimum atomic E-state index is -3.56. The Hall–Kier alpha value is -0.930. The van der Waals surface area contributed by atoms with E-state index in [2.05, 4.69) is 10.6 Å². The van der Waals surface area contributed by atoms with Crippen LogP contribution in [0.2, 0.25) is 5.02 Å². The van der Waals surface area contributed by atoms with Crippen molar-refractivity contribution in [3.63, 3.8) is 0 Å². The number of thiocarbonyl (C=S) groups is 1. The lowest BCUT2D eigenvalue weighted by molar-refractivity contribution is 0.0730. The number of morpholine rings is 1. The number of rotatable bonds is 4. The van der Waals surface area contributed by atoms with Crippen molar-refractivity contribution in [3.8, 4) is 0 Å². The van der Waals surface area contributed by atoms with Crippen LogP contribution in [-0.2, 0) is 14.8 Å². The fraction of sp³-hybridized carbons (Fsp3) is 0.500. The van der Waals surface area contributed by atoms with Gasteiger partial charge in [-0.1, -0.05) is 11.6 Å². The largest absolute Gasteiger partial charge is 0.379 e. The molecule has 0 unspecified atom stereocenters. The topological polar surface area (TPSA) is 70.7 Å². The molecule has 1 saturated carbocycles. The molecule has 9 heteroatoms. The summed E-state index contributed by atoms with van der Waals surface area (Å²) >= 11 is 11.4. The van der Waals surface area contributed by atoms with Gasteiger partial charge >= 0.3 is 0 Å². The van der Waals surface area contributed by atoms with Gasteiger partial charge in [0.2, 0.25) is 10.0 Å². The third kappa shape index (κ3) is 4.13. The first kappa shape index (κ1) is 16.9. The molecule has 0 aromatic heterocycles. The van der Waals surface area contributed by atoms with Crippen LogP contribution in [0.3, 0.4) is 0 Å². The molecule has 1 aromatic carbocycles. The third-order valence-corrected chi connectivity index (χ3v) is 6.15. The molecule has 126 valence electrons. The van der Waals surface area contributed by atoms with E-state index in [0.29, 0.717) is 48.2 Å². The molecule has 2 aliphatic rings. The van der Waals surface area contributed by atoms with Gasteiger partial charge in [0.05, 0.1) is 28.8 Å². The van der Waals surface area contributed by atoms with Gasteiger partial charge in [-0.25, -0.2) is 8.42 Å². The number of hydrogen-bond acceptors (Lipinski definition) is 4. The van der Waals surface area contributed by atoms with E-state index in [1.54, 1.807) is 6.07 Å². The molecule has 0 atom stereocenters. The number of nitrogens with zero attached hydrogens (tertiary/aromatic N) is 1. The second-order valence-electron chi connectivity index (χ2n) is 5.53. The van der Waals surface area contributed by atoms with E-state index in [4.69, 9.17) is 28.6 Å². The summed E-state index contributed by atoms with van der Waals surface area (Å²) in [6, 6.07) is 5.01. The third-order valence-electron chi connectivity index (χ3n) is 3.71. The second kappa shape index (κ2) is 6.90. The Morgan fingerprint density at radius 1 is 1.30 bits per heavy atom. The lowest BCUT2D eigenvalue weighted by Gasteiger charge is -2.26. The maximum absolute atomic E-state index is 12.7. The first-order chi connectivity index (χ1) is 11.0. The standard InChI is InChI=1S/C14H18ClN3O3S2/c15-12-4-3-11(23(19,20)18-5-7-21-8-6-18)9-13(12)17-14(22)16-10-1-2-10/h3-4,9-10H,1-2,5-8H2,(H2,16,17,22). The minimum Gasteiger partial charge on any atom is -0.379 e. The minimum absolute atomic E-state index is 0.195. The van der Waals surface area contributed by atoms with Gasteiger partial charge < -0.3 is 15.4 Å². The highest BCUT2D eigenvalue weighted by Gasteiger charge is 2.27. The number of benzene rings is 1. The van der Waals surface area contributed by atoms with Gasteiger partial charge in [0, 0.05) is 19.1 Å². The highest BCUT2D eigenvalue weighted by atomic mass is 35.5. The van der Waals surface area contributed by atoms with Crippen molar-refractivity contribution in [1.82, 2.24) is 9.62 Å². The number of sulfonamides is 1. The summed E-state index contributed by atoms with van der Waals surface area (Å²) in [5.74, 6) is 0. The van der Waals surface area contributed by atoms with Crippen LogP contribution >= 0.6 is 23.8 Å². The van der Waals surface area contributed by atoms with Gasteiger partial charge in [-0.05, 0) is 43.3 Å². The number of nitrogens with one attached hydrogen (secondary N) is 2. The van der Waals surface area contributed by atoms with E-state index in [-0.39, 0.29) is 4.90 Å². The quantitative estimate of drug-likeness (QED) is 0.782. The van der Waals surface area contributed by atoms with Crippen LogP contribution in [0.4, 0.5) is 5.69 Å². The van der Waals surface area contributed by atoms with Gasteiger partial charge in [0.25, 0.3) is 0 Å². The summed E-state index contributed by atoms with van der Waals surface area (Å²) in [5.41, 5.74) is 0.485. The summed E-state index contributed by atoms with van der Waals surface area (Å²) < 4.78 is 32.0. The normalized spacial score (nSPS) is 19.3. The molecule has 2 N–H and O–H groups in total. The van der Waals surface area contributed by atoms with Crippen LogP contribution in [-0.4, -0.2) is 50.2 Å². The SMILES string of the molecule is O=S(=O)(c1ccc(Cl)c(NC(=S)NC2CC2)c1)N1CCOCC1. The average molecular weight is 376 g/mol. The molecule has 1 heterocycles. The highest BCUT2D eigenvalue weighted by Crippen LogP contribution is 2.27. The molecular formula is C14H18ClN3O3S2. The first-order valence-electron chi connectivity index (χ1n) is 7.42. The van der Waals surface area contributed by atoms with Gasteiger partial charge in [-0.3, -0.25) is 0 Å². The van der Waals surface area contributed by atoms with E-state index in [1.165, 1.54) is 16.4 Å². The molecule has 1 saturated heterocycles. The predicted molar refractivity (Wildman–Crippen MR) is 93.4 cm³/mol. The average Bonchev–Trinajstić information content (AvgIpc) is 3.34. The Balaban J connectivity index is 1.79. The molecule has 1 aliphatic heterocycles. The smallest absolute Gasteiger partial charge is 0.243 e. The maximum Gasteiger partial charge on any atom is 0.243 e. The number of halogens is 1. The molecule has 1 aromatic rings. The Kier molecular flexibility index (Phi) is 5.07. The van der Waals surface area contributed by atoms with Crippen LogP contribution in [0, 0.1) is 0 Å². The summed E-state index contributed by atoms with van der Waals surface area (Å²) in [6.07, 6.45) is 2.20. The van der Waals surface area contributed by atoms with Crippen molar-refractivity contribution in [3.05, 3.63) is 23.2 Å². The van der Waals surface area contributed by atoms with E-state index in [9.17, 15) is 8.42 Å². The summed E-state index contributed by atoms with van der Waals surface area (Å²) in [6.45, 7) is 1.53. The number of anilines is 1. The van der Waals surface area contributed by atoms with E-state index in [0.717, 1.165) is 12.8 Å². The zero-order valence-corrected chi connectivity index (χ0v) is 14.8. The van der Waals surface area contributed by atoms with Crippen molar-refractivity contribution in [2.75, 3.05) is 31.6 Å². The van der Waals surface area contributed by atoms with Crippen LogP contribution in [0.1, 0.15) is 12.8 Å². The van der Waals surface area contributed by atoms with Gasteiger partial charge in [0.1, 0.15) is 0 Å². The zero-order valence-electron chi connectivity index (χ0n) is 12.4. The molecule has 0 amide bonds. The molecule has 1 aliphatic carbocycles. The van der Waals surface area contributed by atoms with Crippen LogP contribution in [0.5, 0.6) is 0 Å². The van der Waals surface area contributed by atoms with Crippen LogP contribution in [0.15, 0.2) is 23.1 Å². The number of hydrogen-bond donors (Lipinski definition) is 2. The van der Waals surface area contributed by atoms with Crippen molar-refractivity contribution in [1.29, 1.82) is 0 Å². The molecule has 0 bridgehead atoms. The molecule has 0 radical (unpaired) electrons. The summed E-state index contributed by atoms with van der Waals surface area (Å²) in [5, 5.41) is 6.99. The first-order valence-corrected chi connectivity index (χ1v) is 9.64. The molecule has 23 heavy (non-hydrogen) atoms. The van der Waals surface area contributed by atoms with Crippen molar-refractivity contribution in [2.24, 2.45) is 0 Å². The summed E-state index contributed by atoms with van der Waals surface area (Å²) in [4.78, 5) is 0.195.